The minimum atomic E-state index is 0.283. The van der Waals surface area contributed by atoms with Gasteiger partial charge in [-0.2, -0.15) is 0 Å². The molecule has 0 spiro atoms. The Morgan fingerprint density at radius 1 is 1.47 bits per heavy atom. The highest BCUT2D eigenvalue weighted by Gasteiger charge is 2.31. The number of piperidine rings is 1. The Labute approximate surface area is 92.2 Å². The van der Waals surface area contributed by atoms with E-state index in [0.717, 1.165) is 32.1 Å². The quantitative estimate of drug-likeness (QED) is 0.760. The molecule has 15 heavy (non-hydrogen) atoms. The Balaban J connectivity index is 1.83. The molecule has 0 aliphatic carbocycles. The molecule has 1 atom stereocenters. The summed E-state index contributed by atoms with van der Waals surface area (Å²) < 4.78 is 0. The largest absolute Gasteiger partial charge is 0.342 e. The van der Waals surface area contributed by atoms with Crippen LogP contribution in [0.25, 0.3) is 0 Å². The van der Waals surface area contributed by atoms with Crippen molar-refractivity contribution < 1.29 is 4.79 Å². The van der Waals surface area contributed by atoms with Crippen LogP contribution < -0.4 is 5.32 Å². The SMILES string of the molecule is CCCC1CCCN(C(=O)C2CNC2)C1. The van der Waals surface area contributed by atoms with Crippen LogP contribution in [0.2, 0.25) is 0 Å². The van der Waals surface area contributed by atoms with Crippen molar-refractivity contribution in [2.75, 3.05) is 26.2 Å². The van der Waals surface area contributed by atoms with Crippen molar-refractivity contribution in [2.45, 2.75) is 32.6 Å². The molecule has 0 radical (unpaired) electrons. The molecule has 3 nitrogen and oxygen atoms in total. The van der Waals surface area contributed by atoms with Crippen molar-refractivity contribution in [1.82, 2.24) is 10.2 Å². The zero-order valence-corrected chi connectivity index (χ0v) is 9.67. The van der Waals surface area contributed by atoms with Gasteiger partial charge in [-0.3, -0.25) is 4.79 Å². The second kappa shape index (κ2) is 4.97. The first kappa shape index (κ1) is 10.9. The van der Waals surface area contributed by atoms with Gasteiger partial charge in [0.05, 0.1) is 5.92 Å². The number of likely N-dealkylation sites (tertiary alicyclic amines) is 1. The molecule has 2 fully saturated rings. The minimum absolute atomic E-state index is 0.283. The molecule has 2 heterocycles. The first-order valence-electron chi connectivity index (χ1n) is 6.30. The summed E-state index contributed by atoms with van der Waals surface area (Å²) in [4.78, 5) is 14.1. The van der Waals surface area contributed by atoms with Crippen molar-refractivity contribution in [1.29, 1.82) is 0 Å². The monoisotopic (exact) mass is 210 g/mol. The summed E-state index contributed by atoms with van der Waals surface area (Å²) in [6.45, 7) is 6.04. The molecule has 2 aliphatic rings. The van der Waals surface area contributed by atoms with Gasteiger partial charge >= 0.3 is 0 Å². The van der Waals surface area contributed by atoms with Gasteiger partial charge in [0.15, 0.2) is 0 Å². The van der Waals surface area contributed by atoms with Crippen molar-refractivity contribution in [3.63, 3.8) is 0 Å². The summed E-state index contributed by atoms with van der Waals surface area (Å²) in [7, 11) is 0. The molecule has 2 rings (SSSR count). The zero-order chi connectivity index (χ0) is 10.7. The number of carbonyl (C=O) groups is 1. The van der Waals surface area contributed by atoms with Crippen molar-refractivity contribution in [3.8, 4) is 0 Å². The van der Waals surface area contributed by atoms with Gasteiger partial charge in [0.2, 0.25) is 5.91 Å². The maximum atomic E-state index is 12.0. The summed E-state index contributed by atoms with van der Waals surface area (Å²) in [5, 5.41) is 3.17. The molecule has 2 saturated heterocycles. The number of carbonyl (C=O) groups excluding carboxylic acids is 1. The van der Waals surface area contributed by atoms with Crippen LogP contribution in [0.3, 0.4) is 0 Å². The van der Waals surface area contributed by atoms with Gasteiger partial charge in [0.25, 0.3) is 0 Å². The first-order chi connectivity index (χ1) is 7.31. The van der Waals surface area contributed by atoms with Crippen LogP contribution in [0.15, 0.2) is 0 Å². The average molecular weight is 210 g/mol. The molecule has 1 amide bonds. The van der Waals surface area contributed by atoms with Gasteiger partial charge in [-0.15, -0.1) is 0 Å². The molecule has 0 aromatic carbocycles. The Hall–Kier alpha value is -0.570. The summed E-state index contributed by atoms with van der Waals surface area (Å²) in [6, 6.07) is 0. The van der Waals surface area contributed by atoms with Crippen LogP contribution in [0.1, 0.15) is 32.6 Å². The molecule has 0 aromatic heterocycles. The van der Waals surface area contributed by atoms with Gasteiger partial charge < -0.3 is 10.2 Å². The van der Waals surface area contributed by atoms with Crippen molar-refractivity contribution >= 4 is 5.91 Å². The fourth-order valence-corrected chi connectivity index (χ4v) is 2.63. The number of hydrogen-bond acceptors (Lipinski definition) is 2. The van der Waals surface area contributed by atoms with Gasteiger partial charge in [0.1, 0.15) is 0 Å². The maximum absolute atomic E-state index is 12.0. The molecular weight excluding hydrogens is 188 g/mol. The number of nitrogens with one attached hydrogen (secondary N) is 1. The third-order valence-electron chi connectivity index (χ3n) is 3.66. The molecule has 0 aromatic rings. The van der Waals surface area contributed by atoms with E-state index in [-0.39, 0.29) is 5.92 Å². The number of rotatable bonds is 3. The van der Waals surface area contributed by atoms with E-state index in [4.69, 9.17) is 0 Å². The molecule has 1 N–H and O–H groups in total. The van der Waals surface area contributed by atoms with E-state index < -0.39 is 0 Å². The molecule has 3 heteroatoms. The molecule has 1 unspecified atom stereocenters. The van der Waals surface area contributed by atoms with E-state index in [1.54, 1.807) is 0 Å². The van der Waals surface area contributed by atoms with Gasteiger partial charge in [0, 0.05) is 26.2 Å². The van der Waals surface area contributed by atoms with Crippen LogP contribution in [0, 0.1) is 11.8 Å². The van der Waals surface area contributed by atoms with Gasteiger partial charge in [-0.25, -0.2) is 0 Å². The first-order valence-corrected chi connectivity index (χ1v) is 6.30. The Bertz CT molecular complexity index is 224. The predicted octanol–water partition coefficient (Wildman–Crippen LogP) is 1.24. The Kier molecular flexibility index (Phi) is 3.62. The summed E-state index contributed by atoms with van der Waals surface area (Å²) in [6.07, 6.45) is 5.06. The molecule has 0 saturated carbocycles. The second-order valence-electron chi connectivity index (χ2n) is 4.94. The van der Waals surface area contributed by atoms with E-state index in [9.17, 15) is 4.79 Å². The topological polar surface area (TPSA) is 32.3 Å². The highest BCUT2D eigenvalue weighted by molar-refractivity contribution is 5.80. The van der Waals surface area contributed by atoms with E-state index in [1.165, 1.54) is 25.7 Å². The van der Waals surface area contributed by atoms with E-state index in [0.29, 0.717) is 5.91 Å². The lowest BCUT2D eigenvalue weighted by atomic mass is 9.92. The Morgan fingerprint density at radius 3 is 2.87 bits per heavy atom. The number of nitrogens with zero attached hydrogens (tertiary/aromatic N) is 1. The normalized spacial score (nSPS) is 27.5. The standard InChI is InChI=1S/C12H22N2O/c1-2-4-10-5-3-6-14(9-10)12(15)11-7-13-8-11/h10-11,13H,2-9H2,1H3. The third kappa shape index (κ3) is 2.51. The van der Waals surface area contributed by atoms with Crippen LogP contribution in [0.4, 0.5) is 0 Å². The van der Waals surface area contributed by atoms with Crippen LogP contribution in [-0.4, -0.2) is 37.0 Å². The lowest BCUT2D eigenvalue weighted by molar-refractivity contribution is -0.139. The fraction of sp³-hybridized carbons (Fsp3) is 0.917. The lowest BCUT2D eigenvalue weighted by Crippen LogP contribution is -2.53. The predicted molar refractivity (Wildman–Crippen MR) is 60.6 cm³/mol. The van der Waals surface area contributed by atoms with E-state index in [2.05, 4.69) is 17.1 Å². The lowest BCUT2D eigenvalue weighted by Gasteiger charge is -2.37. The van der Waals surface area contributed by atoms with Crippen LogP contribution in [0.5, 0.6) is 0 Å². The van der Waals surface area contributed by atoms with Crippen molar-refractivity contribution in [3.05, 3.63) is 0 Å². The third-order valence-corrected chi connectivity index (χ3v) is 3.66. The number of hydrogen-bond donors (Lipinski definition) is 1. The second-order valence-corrected chi connectivity index (χ2v) is 4.94. The molecule has 2 aliphatic heterocycles. The minimum Gasteiger partial charge on any atom is -0.342 e. The van der Waals surface area contributed by atoms with Gasteiger partial charge in [-0.1, -0.05) is 13.3 Å². The van der Waals surface area contributed by atoms with Crippen molar-refractivity contribution in [2.24, 2.45) is 11.8 Å². The maximum Gasteiger partial charge on any atom is 0.228 e. The van der Waals surface area contributed by atoms with Gasteiger partial charge in [-0.05, 0) is 25.2 Å². The summed E-state index contributed by atoms with van der Waals surface area (Å²) in [5.41, 5.74) is 0. The van der Waals surface area contributed by atoms with Crippen LogP contribution in [-0.2, 0) is 4.79 Å². The smallest absolute Gasteiger partial charge is 0.228 e. The van der Waals surface area contributed by atoms with E-state index >= 15 is 0 Å². The van der Waals surface area contributed by atoms with E-state index in [1.807, 2.05) is 0 Å². The highest BCUT2D eigenvalue weighted by Crippen LogP contribution is 2.22. The average Bonchev–Trinajstić information content (AvgIpc) is 2.16. The van der Waals surface area contributed by atoms with Crippen LogP contribution >= 0.6 is 0 Å². The molecule has 86 valence electrons. The molecule has 0 bridgehead atoms. The zero-order valence-electron chi connectivity index (χ0n) is 9.67. The number of amides is 1. The highest BCUT2D eigenvalue weighted by atomic mass is 16.2. The molecular formula is C12H22N2O. The Morgan fingerprint density at radius 2 is 2.27 bits per heavy atom. The fourth-order valence-electron chi connectivity index (χ4n) is 2.63. The summed E-state index contributed by atoms with van der Waals surface area (Å²) in [5.74, 6) is 1.45. The summed E-state index contributed by atoms with van der Waals surface area (Å²) >= 11 is 0.